The van der Waals surface area contributed by atoms with E-state index >= 15 is 0 Å². The molecule has 3 N–H and O–H groups in total. The van der Waals surface area contributed by atoms with Crippen molar-refractivity contribution >= 4 is 11.4 Å². The zero-order valence-corrected chi connectivity index (χ0v) is 9.38. The van der Waals surface area contributed by atoms with Crippen molar-refractivity contribution in [1.82, 2.24) is 0 Å². The van der Waals surface area contributed by atoms with Crippen LogP contribution in [0, 0.1) is 0 Å². The fraction of sp³-hybridized carbons (Fsp3) is 0.0714. The quantitative estimate of drug-likeness (QED) is 0.366. The van der Waals surface area contributed by atoms with Crippen LogP contribution in [0.1, 0.15) is 11.1 Å². The standard InChI is InChI=1S/C14H14N2O/c15-13-8-6-12(7-9-13)14(16-17)10-11-4-2-1-3-5-11/h1-9,17H,10,15H2. The summed E-state index contributed by atoms with van der Waals surface area (Å²) in [5, 5.41) is 12.4. The van der Waals surface area contributed by atoms with E-state index in [0.717, 1.165) is 11.1 Å². The molecular formula is C14H14N2O. The maximum Gasteiger partial charge on any atom is 0.0911 e. The average molecular weight is 226 g/mol. The summed E-state index contributed by atoms with van der Waals surface area (Å²) >= 11 is 0. The van der Waals surface area contributed by atoms with Gasteiger partial charge in [0.1, 0.15) is 0 Å². The fourth-order valence-electron chi connectivity index (χ4n) is 1.66. The molecular weight excluding hydrogens is 212 g/mol. The van der Waals surface area contributed by atoms with Gasteiger partial charge in [-0.3, -0.25) is 0 Å². The first kappa shape index (κ1) is 11.2. The van der Waals surface area contributed by atoms with Crippen LogP contribution < -0.4 is 5.73 Å². The summed E-state index contributed by atoms with van der Waals surface area (Å²) in [7, 11) is 0. The predicted molar refractivity (Wildman–Crippen MR) is 69.3 cm³/mol. The molecule has 2 aromatic carbocycles. The SMILES string of the molecule is Nc1ccc(C(Cc2ccccc2)=NO)cc1. The van der Waals surface area contributed by atoms with Gasteiger partial charge in [0.2, 0.25) is 0 Å². The summed E-state index contributed by atoms with van der Waals surface area (Å²) in [5.41, 5.74) is 8.94. The maximum atomic E-state index is 9.07. The minimum absolute atomic E-state index is 0.598. The Kier molecular flexibility index (Phi) is 3.40. The van der Waals surface area contributed by atoms with E-state index in [0.29, 0.717) is 17.8 Å². The molecule has 2 aromatic rings. The van der Waals surface area contributed by atoms with Crippen molar-refractivity contribution < 1.29 is 5.21 Å². The lowest BCUT2D eigenvalue weighted by Crippen LogP contribution is -2.05. The molecule has 0 saturated carbocycles. The highest BCUT2D eigenvalue weighted by Crippen LogP contribution is 2.10. The van der Waals surface area contributed by atoms with Crippen LogP contribution in [-0.2, 0) is 6.42 Å². The molecule has 0 aromatic heterocycles. The monoisotopic (exact) mass is 226 g/mol. The lowest BCUT2D eigenvalue weighted by atomic mass is 10.0. The Labute approximate surface area is 100 Å². The lowest BCUT2D eigenvalue weighted by molar-refractivity contribution is 0.318. The highest BCUT2D eigenvalue weighted by molar-refractivity contribution is 6.01. The second-order valence-corrected chi connectivity index (χ2v) is 3.83. The fourth-order valence-corrected chi connectivity index (χ4v) is 1.66. The normalized spacial score (nSPS) is 11.4. The van der Waals surface area contributed by atoms with Gasteiger partial charge in [-0.15, -0.1) is 0 Å². The van der Waals surface area contributed by atoms with Gasteiger partial charge in [0, 0.05) is 12.1 Å². The number of hydrogen-bond donors (Lipinski definition) is 2. The number of anilines is 1. The number of hydrogen-bond acceptors (Lipinski definition) is 3. The molecule has 2 rings (SSSR count). The van der Waals surface area contributed by atoms with Crippen molar-refractivity contribution in [3.05, 3.63) is 65.7 Å². The molecule has 0 aliphatic heterocycles. The number of nitrogens with zero attached hydrogens (tertiary/aromatic N) is 1. The van der Waals surface area contributed by atoms with Crippen molar-refractivity contribution in [2.45, 2.75) is 6.42 Å². The molecule has 0 spiro atoms. The van der Waals surface area contributed by atoms with Gasteiger partial charge in [0.05, 0.1) is 5.71 Å². The van der Waals surface area contributed by atoms with E-state index in [4.69, 9.17) is 10.9 Å². The van der Waals surface area contributed by atoms with E-state index in [1.54, 1.807) is 12.1 Å². The van der Waals surface area contributed by atoms with Crippen molar-refractivity contribution in [2.24, 2.45) is 5.16 Å². The third-order valence-electron chi connectivity index (χ3n) is 2.58. The topological polar surface area (TPSA) is 58.6 Å². The molecule has 0 aliphatic carbocycles. The first-order valence-electron chi connectivity index (χ1n) is 5.40. The van der Waals surface area contributed by atoms with Gasteiger partial charge in [-0.05, 0) is 23.3 Å². The minimum Gasteiger partial charge on any atom is -0.411 e. The van der Waals surface area contributed by atoms with E-state index in [1.165, 1.54) is 0 Å². The Balaban J connectivity index is 2.21. The third kappa shape index (κ3) is 2.84. The molecule has 0 unspecified atom stereocenters. The molecule has 0 radical (unpaired) electrons. The van der Waals surface area contributed by atoms with Gasteiger partial charge >= 0.3 is 0 Å². The first-order valence-corrected chi connectivity index (χ1v) is 5.40. The molecule has 86 valence electrons. The van der Waals surface area contributed by atoms with Crippen LogP contribution in [0.4, 0.5) is 5.69 Å². The van der Waals surface area contributed by atoms with Crippen molar-refractivity contribution in [3.63, 3.8) is 0 Å². The van der Waals surface area contributed by atoms with Crippen LogP contribution in [-0.4, -0.2) is 10.9 Å². The third-order valence-corrected chi connectivity index (χ3v) is 2.58. The van der Waals surface area contributed by atoms with Crippen molar-refractivity contribution in [2.75, 3.05) is 5.73 Å². The van der Waals surface area contributed by atoms with E-state index < -0.39 is 0 Å². The van der Waals surface area contributed by atoms with Crippen molar-refractivity contribution in [1.29, 1.82) is 0 Å². The van der Waals surface area contributed by atoms with Gasteiger partial charge in [-0.25, -0.2) is 0 Å². The zero-order valence-electron chi connectivity index (χ0n) is 9.38. The highest BCUT2D eigenvalue weighted by atomic mass is 16.4. The predicted octanol–water partition coefficient (Wildman–Crippen LogP) is 2.69. The molecule has 0 atom stereocenters. The summed E-state index contributed by atoms with van der Waals surface area (Å²) in [6.07, 6.45) is 0.598. The van der Waals surface area contributed by atoms with Crippen LogP contribution in [0.5, 0.6) is 0 Å². The molecule has 0 amide bonds. The number of nitrogens with two attached hydrogens (primary N) is 1. The number of rotatable bonds is 3. The molecule has 0 heterocycles. The lowest BCUT2D eigenvalue weighted by Gasteiger charge is -2.05. The Morgan fingerprint density at radius 1 is 1.00 bits per heavy atom. The van der Waals surface area contributed by atoms with E-state index in [2.05, 4.69) is 5.16 Å². The van der Waals surface area contributed by atoms with Crippen LogP contribution in [0.25, 0.3) is 0 Å². The summed E-state index contributed by atoms with van der Waals surface area (Å²) in [6.45, 7) is 0. The molecule has 0 aliphatic rings. The first-order chi connectivity index (χ1) is 8.29. The highest BCUT2D eigenvalue weighted by Gasteiger charge is 2.05. The average Bonchev–Trinajstić information content (AvgIpc) is 2.38. The second-order valence-electron chi connectivity index (χ2n) is 3.83. The van der Waals surface area contributed by atoms with Crippen LogP contribution >= 0.6 is 0 Å². The van der Waals surface area contributed by atoms with Gasteiger partial charge in [0.25, 0.3) is 0 Å². The number of nitrogen functional groups attached to an aromatic ring is 1. The number of benzene rings is 2. The van der Waals surface area contributed by atoms with Gasteiger partial charge < -0.3 is 10.9 Å². The van der Waals surface area contributed by atoms with E-state index in [9.17, 15) is 0 Å². The number of oxime groups is 1. The summed E-state index contributed by atoms with van der Waals surface area (Å²) in [5.74, 6) is 0. The second kappa shape index (κ2) is 5.16. The van der Waals surface area contributed by atoms with Crippen molar-refractivity contribution in [3.8, 4) is 0 Å². The smallest absolute Gasteiger partial charge is 0.0911 e. The zero-order chi connectivity index (χ0) is 12.1. The molecule has 3 nitrogen and oxygen atoms in total. The van der Waals surface area contributed by atoms with E-state index in [-0.39, 0.29) is 0 Å². The van der Waals surface area contributed by atoms with Gasteiger partial charge in [0.15, 0.2) is 0 Å². The summed E-state index contributed by atoms with van der Waals surface area (Å²) in [4.78, 5) is 0. The molecule has 17 heavy (non-hydrogen) atoms. The minimum atomic E-state index is 0.598. The maximum absolute atomic E-state index is 9.07. The van der Waals surface area contributed by atoms with E-state index in [1.807, 2.05) is 42.5 Å². The van der Waals surface area contributed by atoms with Gasteiger partial charge in [-0.1, -0.05) is 47.6 Å². The Morgan fingerprint density at radius 3 is 2.24 bits per heavy atom. The molecule has 3 heteroatoms. The van der Waals surface area contributed by atoms with Crippen LogP contribution in [0.15, 0.2) is 59.8 Å². The Morgan fingerprint density at radius 2 is 1.65 bits per heavy atom. The summed E-state index contributed by atoms with van der Waals surface area (Å²) in [6, 6.07) is 17.2. The summed E-state index contributed by atoms with van der Waals surface area (Å²) < 4.78 is 0. The largest absolute Gasteiger partial charge is 0.411 e. The molecule has 0 fully saturated rings. The Bertz CT molecular complexity index is 504. The molecule has 0 bridgehead atoms. The Hall–Kier alpha value is -2.29. The van der Waals surface area contributed by atoms with Crippen LogP contribution in [0.3, 0.4) is 0 Å². The van der Waals surface area contributed by atoms with Crippen LogP contribution in [0.2, 0.25) is 0 Å². The molecule has 0 saturated heterocycles. The van der Waals surface area contributed by atoms with Gasteiger partial charge in [-0.2, -0.15) is 0 Å².